The number of carbonyl (C=O) groups excluding carboxylic acids is 1. The minimum atomic E-state index is -0.416. The summed E-state index contributed by atoms with van der Waals surface area (Å²) in [5.74, 6) is -0.0592. The first kappa shape index (κ1) is 11.2. The predicted octanol–water partition coefficient (Wildman–Crippen LogP) is 2.73. The minimum Gasteiger partial charge on any atom is -0.495 e. The largest absolute Gasteiger partial charge is 0.495 e. The van der Waals surface area contributed by atoms with Crippen LogP contribution in [0.5, 0.6) is 5.75 Å². The smallest absolute Gasteiger partial charge is 0.135 e. The lowest BCUT2D eigenvalue weighted by Crippen LogP contribution is -2.00. The van der Waals surface area contributed by atoms with E-state index in [9.17, 15) is 9.18 Å². The second-order valence-corrected chi connectivity index (χ2v) is 3.81. The number of Topliss-reactive ketones (excluding diaryl/α,β-unsaturated/α-hetero) is 1. The molecule has 0 saturated carbocycles. The average molecular weight is 261 g/mol. The standard InChI is InChI=1S/C10H10BrFO2/c1-6(13)3-7-4-8(11)10(14-2)5-9(7)12/h4-5H,3H2,1-2H3. The Morgan fingerprint density at radius 1 is 1.57 bits per heavy atom. The number of benzene rings is 1. The van der Waals surface area contributed by atoms with Gasteiger partial charge in [-0.1, -0.05) is 0 Å². The van der Waals surface area contributed by atoms with Crippen molar-refractivity contribution < 1.29 is 13.9 Å². The van der Waals surface area contributed by atoms with Crippen molar-refractivity contribution >= 4 is 21.7 Å². The van der Waals surface area contributed by atoms with Crippen LogP contribution in [0, 0.1) is 5.82 Å². The molecule has 1 aromatic rings. The van der Waals surface area contributed by atoms with Crippen LogP contribution in [0.2, 0.25) is 0 Å². The molecule has 0 amide bonds. The molecule has 4 heteroatoms. The molecule has 76 valence electrons. The maximum absolute atomic E-state index is 13.3. The second-order valence-electron chi connectivity index (χ2n) is 2.96. The Bertz CT molecular complexity index is 363. The Balaban J connectivity index is 3.08. The number of methoxy groups -OCH3 is 1. The zero-order chi connectivity index (χ0) is 10.7. The van der Waals surface area contributed by atoms with Crippen molar-refractivity contribution in [1.82, 2.24) is 0 Å². The molecule has 0 saturated heterocycles. The van der Waals surface area contributed by atoms with E-state index in [2.05, 4.69) is 15.9 Å². The van der Waals surface area contributed by atoms with Crippen molar-refractivity contribution in [2.75, 3.05) is 7.11 Å². The molecule has 0 N–H and O–H groups in total. The molecule has 2 nitrogen and oxygen atoms in total. The lowest BCUT2D eigenvalue weighted by molar-refractivity contribution is -0.116. The van der Waals surface area contributed by atoms with Crippen molar-refractivity contribution in [3.05, 3.63) is 28.0 Å². The van der Waals surface area contributed by atoms with Crippen molar-refractivity contribution in [2.45, 2.75) is 13.3 Å². The Hall–Kier alpha value is -0.900. The average Bonchev–Trinajstić information content (AvgIpc) is 2.10. The van der Waals surface area contributed by atoms with Gasteiger partial charge in [-0.25, -0.2) is 4.39 Å². The van der Waals surface area contributed by atoms with Crippen molar-refractivity contribution in [3.8, 4) is 5.75 Å². The molecule has 1 rings (SSSR count). The third-order valence-corrected chi connectivity index (χ3v) is 2.38. The molecule has 0 aromatic heterocycles. The monoisotopic (exact) mass is 260 g/mol. The molecule has 14 heavy (non-hydrogen) atoms. The van der Waals surface area contributed by atoms with E-state index < -0.39 is 5.82 Å². The van der Waals surface area contributed by atoms with Crippen LogP contribution < -0.4 is 4.74 Å². The van der Waals surface area contributed by atoms with Gasteiger partial charge >= 0.3 is 0 Å². The number of ketones is 1. The summed E-state index contributed by atoms with van der Waals surface area (Å²) < 4.78 is 18.9. The molecule has 0 bridgehead atoms. The molecule has 0 heterocycles. The van der Waals surface area contributed by atoms with Crippen LogP contribution in [-0.4, -0.2) is 12.9 Å². The molecule has 0 radical (unpaired) electrons. The van der Waals surface area contributed by atoms with Crippen LogP contribution in [0.3, 0.4) is 0 Å². The quantitative estimate of drug-likeness (QED) is 0.836. The molecular weight excluding hydrogens is 251 g/mol. The van der Waals surface area contributed by atoms with E-state index in [1.165, 1.54) is 20.1 Å². The highest BCUT2D eigenvalue weighted by molar-refractivity contribution is 9.10. The normalized spacial score (nSPS) is 10.0. The van der Waals surface area contributed by atoms with Gasteiger partial charge < -0.3 is 4.74 Å². The third-order valence-electron chi connectivity index (χ3n) is 1.76. The highest BCUT2D eigenvalue weighted by Crippen LogP contribution is 2.28. The summed E-state index contributed by atoms with van der Waals surface area (Å²) >= 11 is 3.23. The number of halogens is 2. The molecule has 0 aliphatic heterocycles. The fraction of sp³-hybridized carbons (Fsp3) is 0.300. The Kier molecular flexibility index (Phi) is 3.63. The molecule has 0 atom stereocenters. The first-order chi connectivity index (χ1) is 6.54. The molecule has 0 spiro atoms. The number of ether oxygens (including phenoxy) is 1. The van der Waals surface area contributed by atoms with Crippen LogP contribution in [0.25, 0.3) is 0 Å². The first-order valence-electron chi connectivity index (χ1n) is 4.06. The van der Waals surface area contributed by atoms with Crippen LogP contribution in [-0.2, 0) is 11.2 Å². The lowest BCUT2D eigenvalue weighted by Gasteiger charge is -2.06. The van der Waals surface area contributed by atoms with Crippen molar-refractivity contribution in [2.24, 2.45) is 0 Å². The number of hydrogen-bond donors (Lipinski definition) is 0. The molecule has 0 unspecified atom stereocenters. The lowest BCUT2D eigenvalue weighted by atomic mass is 10.1. The third kappa shape index (κ3) is 2.54. The summed E-state index contributed by atoms with van der Waals surface area (Å²) in [6, 6.07) is 2.83. The highest BCUT2D eigenvalue weighted by atomic mass is 79.9. The summed E-state index contributed by atoms with van der Waals surface area (Å²) in [6.07, 6.45) is 0.106. The van der Waals surface area contributed by atoms with Crippen LogP contribution >= 0.6 is 15.9 Å². The van der Waals surface area contributed by atoms with E-state index in [1.807, 2.05) is 0 Å². The number of rotatable bonds is 3. The summed E-state index contributed by atoms with van der Waals surface area (Å²) in [4.78, 5) is 10.8. The fourth-order valence-corrected chi connectivity index (χ4v) is 1.68. The van der Waals surface area contributed by atoms with Crippen LogP contribution in [0.15, 0.2) is 16.6 Å². The summed E-state index contributed by atoms with van der Waals surface area (Å²) in [6.45, 7) is 1.43. The van der Waals surface area contributed by atoms with E-state index in [1.54, 1.807) is 6.07 Å². The molecular formula is C10H10BrFO2. The van der Waals surface area contributed by atoms with Gasteiger partial charge in [-0.3, -0.25) is 4.79 Å². The van der Waals surface area contributed by atoms with Gasteiger partial charge in [0.25, 0.3) is 0 Å². The second kappa shape index (κ2) is 4.55. The van der Waals surface area contributed by atoms with Gasteiger partial charge in [0, 0.05) is 12.5 Å². The van der Waals surface area contributed by atoms with E-state index in [0.717, 1.165) is 0 Å². The first-order valence-corrected chi connectivity index (χ1v) is 4.85. The van der Waals surface area contributed by atoms with E-state index >= 15 is 0 Å². The fourth-order valence-electron chi connectivity index (χ4n) is 1.13. The topological polar surface area (TPSA) is 26.3 Å². The van der Waals surface area contributed by atoms with Gasteiger partial charge in [-0.05, 0) is 34.5 Å². The molecule has 0 aliphatic rings. The van der Waals surface area contributed by atoms with Gasteiger partial charge in [0.1, 0.15) is 17.3 Å². The minimum absolute atomic E-state index is 0.0685. The number of hydrogen-bond acceptors (Lipinski definition) is 2. The predicted molar refractivity (Wildman–Crippen MR) is 55.0 cm³/mol. The van der Waals surface area contributed by atoms with Gasteiger partial charge in [-0.2, -0.15) is 0 Å². The molecule has 1 aromatic carbocycles. The van der Waals surface area contributed by atoms with Crippen LogP contribution in [0.4, 0.5) is 4.39 Å². The Morgan fingerprint density at radius 3 is 2.71 bits per heavy atom. The van der Waals surface area contributed by atoms with Gasteiger partial charge in [0.05, 0.1) is 11.6 Å². The SMILES string of the molecule is COc1cc(F)c(CC(C)=O)cc1Br. The maximum Gasteiger partial charge on any atom is 0.135 e. The zero-order valence-electron chi connectivity index (χ0n) is 7.93. The van der Waals surface area contributed by atoms with Crippen molar-refractivity contribution in [3.63, 3.8) is 0 Å². The molecule has 0 aliphatic carbocycles. The maximum atomic E-state index is 13.3. The van der Waals surface area contributed by atoms with Crippen molar-refractivity contribution in [1.29, 1.82) is 0 Å². The van der Waals surface area contributed by atoms with E-state index in [0.29, 0.717) is 15.8 Å². The highest BCUT2D eigenvalue weighted by Gasteiger charge is 2.09. The molecule has 0 fully saturated rings. The Labute approximate surface area is 90.2 Å². The van der Waals surface area contributed by atoms with E-state index in [-0.39, 0.29) is 12.2 Å². The summed E-state index contributed by atoms with van der Waals surface area (Å²) in [7, 11) is 1.46. The zero-order valence-corrected chi connectivity index (χ0v) is 9.52. The Morgan fingerprint density at radius 2 is 2.21 bits per heavy atom. The summed E-state index contributed by atoms with van der Waals surface area (Å²) in [5.41, 5.74) is 0.380. The van der Waals surface area contributed by atoms with E-state index in [4.69, 9.17) is 4.74 Å². The van der Waals surface area contributed by atoms with Gasteiger partial charge in [0.15, 0.2) is 0 Å². The number of carbonyl (C=O) groups is 1. The van der Waals surface area contributed by atoms with Gasteiger partial charge in [0.2, 0.25) is 0 Å². The van der Waals surface area contributed by atoms with Gasteiger partial charge in [-0.15, -0.1) is 0 Å². The summed E-state index contributed by atoms with van der Waals surface area (Å²) in [5, 5.41) is 0. The van der Waals surface area contributed by atoms with Crippen LogP contribution in [0.1, 0.15) is 12.5 Å².